The summed E-state index contributed by atoms with van der Waals surface area (Å²) in [6.45, 7) is -3.85. The Morgan fingerprint density at radius 2 is 1.90 bits per heavy atom. The third-order valence-corrected chi connectivity index (χ3v) is 2.70. The van der Waals surface area contributed by atoms with E-state index in [4.69, 9.17) is 15.3 Å². The molecule has 1 fully saturated rings. The van der Waals surface area contributed by atoms with E-state index in [0.29, 0.717) is 9.80 Å². The van der Waals surface area contributed by atoms with Gasteiger partial charge in [0, 0.05) is 0 Å². The van der Waals surface area contributed by atoms with Crippen molar-refractivity contribution in [1.29, 1.82) is 0 Å². The van der Waals surface area contributed by atoms with Gasteiger partial charge in [-0.05, 0) is 0 Å². The van der Waals surface area contributed by atoms with Gasteiger partial charge in [-0.3, -0.25) is 19.9 Å². The minimum Gasteiger partial charge on any atom is -0.391 e. The fourth-order valence-electron chi connectivity index (χ4n) is 1.76. The monoisotopic (exact) mass is 314 g/mol. The topological polar surface area (TPSA) is 163 Å². The number of halogens is 1. The van der Waals surface area contributed by atoms with Crippen molar-refractivity contribution in [3.05, 3.63) is 0 Å². The molecule has 1 atom stereocenters. The van der Waals surface area contributed by atoms with Crippen molar-refractivity contribution in [2.24, 2.45) is 0 Å². The van der Waals surface area contributed by atoms with Crippen LogP contribution >= 0.6 is 12.4 Å². The maximum atomic E-state index is 11.8. The summed E-state index contributed by atoms with van der Waals surface area (Å²) in [7, 11) is 0. The van der Waals surface area contributed by atoms with Gasteiger partial charge in [-0.25, -0.2) is 9.59 Å². The molecule has 1 heterocycles. The molecular formula is C8H15ClN4O7. The molecule has 12 heteroatoms. The molecule has 1 rings (SSSR count). The molecule has 6 N–H and O–H groups in total. The van der Waals surface area contributed by atoms with Gasteiger partial charge in [-0.2, -0.15) is 0 Å². The maximum absolute atomic E-state index is 11.8. The molecular weight excluding hydrogens is 300 g/mol. The number of aliphatic hydroxyl groups is 4. The SMILES string of the molecule is Cl.O=C(NCO)N(CO)C1(CO)C(=O)NC(=O)N1CO. The Kier molecular flexibility index (Phi) is 6.61. The van der Waals surface area contributed by atoms with Crippen LogP contribution in [0.15, 0.2) is 0 Å². The number of nitrogens with one attached hydrogen (secondary N) is 2. The number of carbonyl (C=O) groups excluding carboxylic acids is 3. The molecule has 20 heavy (non-hydrogen) atoms. The minimum absolute atomic E-state index is 0. The molecule has 5 amide bonds. The lowest BCUT2D eigenvalue weighted by Gasteiger charge is -2.40. The number of rotatable bonds is 5. The molecule has 0 spiro atoms. The van der Waals surface area contributed by atoms with E-state index in [2.05, 4.69) is 0 Å². The van der Waals surface area contributed by atoms with E-state index in [1.165, 1.54) is 0 Å². The molecule has 1 aliphatic heterocycles. The van der Waals surface area contributed by atoms with Gasteiger partial charge < -0.3 is 25.7 Å². The Hall–Kier alpha value is -1.66. The summed E-state index contributed by atoms with van der Waals surface area (Å²) in [6.07, 6.45) is 0. The zero-order valence-electron chi connectivity index (χ0n) is 10.1. The van der Waals surface area contributed by atoms with Crippen LogP contribution in [0, 0.1) is 0 Å². The van der Waals surface area contributed by atoms with Crippen LogP contribution in [0.3, 0.4) is 0 Å². The van der Waals surface area contributed by atoms with Crippen LogP contribution in [0.2, 0.25) is 0 Å². The van der Waals surface area contributed by atoms with Crippen LogP contribution < -0.4 is 10.6 Å². The predicted octanol–water partition coefficient (Wildman–Crippen LogP) is -3.49. The second kappa shape index (κ2) is 7.21. The van der Waals surface area contributed by atoms with Crippen molar-refractivity contribution in [3.63, 3.8) is 0 Å². The maximum Gasteiger partial charge on any atom is 0.328 e. The fraction of sp³-hybridized carbons (Fsp3) is 0.625. The highest BCUT2D eigenvalue weighted by atomic mass is 35.5. The first-order valence-corrected chi connectivity index (χ1v) is 5.11. The van der Waals surface area contributed by atoms with E-state index in [1.54, 1.807) is 5.32 Å². The van der Waals surface area contributed by atoms with Gasteiger partial charge in [0.2, 0.25) is 5.66 Å². The van der Waals surface area contributed by atoms with E-state index < -0.39 is 50.4 Å². The lowest BCUT2D eigenvalue weighted by molar-refractivity contribution is -0.147. The van der Waals surface area contributed by atoms with E-state index in [0.717, 1.165) is 0 Å². The van der Waals surface area contributed by atoms with Gasteiger partial charge in [0.1, 0.15) is 20.2 Å². The summed E-state index contributed by atoms with van der Waals surface area (Å²) in [5.41, 5.74) is -2.28. The summed E-state index contributed by atoms with van der Waals surface area (Å²) < 4.78 is 0. The third-order valence-electron chi connectivity index (χ3n) is 2.70. The molecule has 0 aromatic heterocycles. The van der Waals surface area contributed by atoms with Crippen LogP contribution in [0.4, 0.5) is 9.59 Å². The average molecular weight is 315 g/mol. The Balaban J connectivity index is 0.00000361. The predicted molar refractivity (Wildman–Crippen MR) is 64.1 cm³/mol. The van der Waals surface area contributed by atoms with Crippen molar-refractivity contribution in [2.45, 2.75) is 5.66 Å². The molecule has 11 nitrogen and oxygen atoms in total. The largest absolute Gasteiger partial charge is 0.391 e. The van der Waals surface area contributed by atoms with Crippen molar-refractivity contribution in [3.8, 4) is 0 Å². The van der Waals surface area contributed by atoms with Crippen molar-refractivity contribution >= 4 is 30.4 Å². The molecule has 1 unspecified atom stereocenters. The highest BCUT2D eigenvalue weighted by Gasteiger charge is 2.58. The van der Waals surface area contributed by atoms with Crippen LogP contribution in [0.1, 0.15) is 0 Å². The van der Waals surface area contributed by atoms with Crippen LogP contribution in [0.5, 0.6) is 0 Å². The molecule has 0 bridgehead atoms. The molecule has 0 aromatic carbocycles. The van der Waals surface area contributed by atoms with Gasteiger partial charge in [0.15, 0.2) is 0 Å². The number of carbonyl (C=O) groups is 3. The first-order valence-electron chi connectivity index (χ1n) is 5.11. The fourth-order valence-corrected chi connectivity index (χ4v) is 1.76. The van der Waals surface area contributed by atoms with E-state index in [1.807, 2.05) is 5.32 Å². The number of urea groups is 2. The minimum atomic E-state index is -2.28. The van der Waals surface area contributed by atoms with Crippen molar-refractivity contribution in [1.82, 2.24) is 20.4 Å². The van der Waals surface area contributed by atoms with E-state index in [9.17, 15) is 19.5 Å². The molecule has 1 aliphatic rings. The Bertz CT molecular complexity index is 395. The molecule has 1 saturated heterocycles. The molecule has 0 aromatic rings. The summed E-state index contributed by atoms with van der Waals surface area (Å²) >= 11 is 0. The Morgan fingerprint density at radius 1 is 1.30 bits per heavy atom. The lowest BCUT2D eigenvalue weighted by atomic mass is 10.1. The van der Waals surface area contributed by atoms with Crippen molar-refractivity contribution < 1.29 is 34.8 Å². The summed E-state index contributed by atoms with van der Waals surface area (Å²) in [4.78, 5) is 35.7. The summed E-state index contributed by atoms with van der Waals surface area (Å²) in [5, 5.41) is 39.9. The second-order valence-electron chi connectivity index (χ2n) is 3.51. The molecule has 0 aliphatic carbocycles. The van der Waals surface area contributed by atoms with Crippen LogP contribution in [-0.2, 0) is 4.79 Å². The molecule has 0 radical (unpaired) electrons. The highest BCUT2D eigenvalue weighted by molar-refractivity contribution is 6.08. The first kappa shape index (κ1) is 18.3. The third kappa shape index (κ3) is 2.62. The van der Waals surface area contributed by atoms with E-state index in [-0.39, 0.29) is 12.4 Å². The number of nitrogens with zero attached hydrogens (tertiary/aromatic N) is 2. The van der Waals surface area contributed by atoms with Gasteiger partial charge in [-0.1, -0.05) is 0 Å². The van der Waals surface area contributed by atoms with E-state index >= 15 is 0 Å². The highest BCUT2D eigenvalue weighted by Crippen LogP contribution is 2.25. The number of hydrogen-bond acceptors (Lipinski definition) is 7. The zero-order valence-corrected chi connectivity index (χ0v) is 11.0. The Labute approximate surface area is 119 Å². The smallest absolute Gasteiger partial charge is 0.328 e. The van der Waals surface area contributed by atoms with Gasteiger partial charge in [-0.15, -0.1) is 12.4 Å². The second-order valence-corrected chi connectivity index (χ2v) is 3.51. The molecule has 116 valence electrons. The summed E-state index contributed by atoms with van der Waals surface area (Å²) in [5.74, 6) is -1.09. The number of hydrogen-bond donors (Lipinski definition) is 6. The standard InChI is InChI=1S/C8H14N4O7.ClH/c13-1-8(11(3-15)6(18)9-2-14)5(17)10-7(19)12(8)4-16;/h13-16H,1-4H2,(H,9,18)(H,10,17,19);1H. The normalized spacial score (nSPS) is 21.3. The first-order chi connectivity index (χ1) is 8.99. The average Bonchev–Trinajstić information content (AvgIpc) is 2.62. The van der Waals surface area contributed by atoms with Gasteiger partial charge in [0.25, 0.3) is 5.91 Å². The zero-order chi connectivity index (χ0) is 14.6. The van der Waals surface area contributed by atoms with Crippen LogP contribution in [0.25, 0.3) is 0 Å². The van der Waals surface area contributed by atoms with Crippen LogP contribution in [-0.4, -0.2) is 80.7 Å². The summed E-state index contributed by atoms with van der Waals surface area (Å²) in [6, 6.07) is -2.14. The van der Waals surface area contributed by atoms with Crippen molar-refractivity contribution in [2.75, 3.05) is 26.8 Å². The Morgan fingerprint density at radius 3 is 2.30 bits per heavy atom. The number of aliphatic hydroxyl groups excluding tert-OH is 4. The molecule has 0 saturated carbocycles. The lowest BCUT2D eigenvalue weighted by Crippen LogP contribution is -2.68. The van der Waals surface area contributed by atoms with Gasteiger partial charge >= 0.3 is 12.1 Å². The number of imide groups is 1. The number of amides is 5. The quantitative estimate of drug-likeness (QED) is 0.226. The van der Waals surface area contributed by atoms with Gasteiger partial charge in [0.05, 0.1) is 6.61 Å².